The van der Waals surface area contributed by atoms with E-state index in [4.69, 9.17) is 5.14 Å². The van der Waals surface area contributed by atoms with Gasteiger partial charge in [0.05, 0.1) is 15.8 Å². The second-order valence-corrected chi connectivity index (χ2v) is 8.40. The van der Waals surface area contributed by atoms with Gasteiger partial charge in [0.1, 0.15) is 0 Å². The molecule has 1 fully saturated rings. The predicted octanol–water partition coefficient (Wildman–Crippen LogP) is -0.293. The molecule has 21 heavy (non-hydrogen) atoms. The predicted molar refractivity (Wildman–Crippen MR) is 78.7 cm³/mol. The van der Waals surface area contributed by atoms with Crippen LogP contribution < -0.4 is 10.5 Å². The number of rotatable bonds is 6. The van der Waals surface area contributed by atoms with E-state index in [9.17, 15) is 16.8 Å². The van der Waals surface area contributed by atoms with Crippen LogP contribution in [0.3, 0.4) is 0 Å². The number of nitrogens with two attached hydrogens (primary N) is 1. The van der Waals surface area contributed by atoms with Crippen molar-refractivity contribution in [2.24, 2.45) is 5.14 Å². The zero-order valence-corrected chi connectivity index (χ0v) is 13.3. The Hall–Kier alpha value is -1.00. The molecule has 0 unspecified atom stereocenters. The van der Waals surface area contributed by atoms with Gasteiger partial charge in [-0.1, -0.05) is 13.0 Å². The SMILES string of the molecule is CCCN(C1CNC1)S(=O)(=O)c1cccc(S(N)(=O)=O)c1. The monoisotopic (exact) mass is 333 g/mol. The Kier molecular flexibility index (Phi) is 4.69. The Bertz CT molecular complexity index is 712. The van der Waals surface area contributed by atoms with Gasteiger partial charge < -0.3 is 5.32 Å². The largest absolute Gasteiger partial charge is 0.313 e. The van der Waals surface area contributed by atoms with Crippen molar-refractivity contribution in [3.05, 3.63) is 24.3 Å². The minimum absolute atomic E-state index is 0.0469. The number of sulfonamides is 2. The van der Waals surface area contributed by atoms with E-state index in [1.54, 1.807) is 0 Å². The number of nitrogens with one attached hydrogen (secondary N) is 1. The fraction of sp³-hybridized carbons (Fsp3) is 0.500. The molecule has 1 aliphatic heterocycles. The van der Waals surface area contributed by atoms with E-state index >= 15 is 0 Å². The quantitative estimate of drug-likeness (QED) is 0.743. The number of hydrogen-bond donors (Lipinski definition) is 2. The normalized spacial score (nSPS) is 16.9. The molecule has 0 aromatic heterocycles. The van der Waals surface area contributed by atoms with Gasteiger partial charge in [-0.05, 0) is 24.6 Å². The fourth-order valence-corrected chi connectivity index (χ4v) is 4.54. The van der Waals surface area contributed by atoms with Crippen molar-refractivity contribution in [3.63, 3.8) is 0 Å². The van der Waals surface area contributed by atoms with Gasteiger partial charge in [0, 0.05) is 19.6 Å². The third-order valence-corrected chi connectivity index (χ3v) is 6.21. The first-order valence-corrected chi connectivity index (χ1v) is 9.61. The van der Waals surface area contributed by atoms with E-state index in [2.05, 4.69) is 5.32 Å². The van der Waals surface area contributed by atoms with Crippen molar-refractivity contribution < 1.29 is 16.8 Å². The summed E-state index contributed by atoms with van der Waals surface area (Å²) in [5.74, 6) is 0. The number of primary sulfonamides is 1. The highest BCUT2D eigenvalue weighted by atomic mass is 32.2. The van der Waals surface area contributed by atoms with E-state index in [1.165, 1.54) is 22.5 Å². The second kappa shape index (κ2) is 6.01. The van der Waals surface area contributed by atoms with Crippen LogP contribution in [0.2, 0.25) is 0 Å². The Morgan fingerprint density at radius 3 is 2.33 bits per heavy atom. The van der Waals surface area contributed by atoms with Crippen LogP contribution >= 0.6 is 0 Å². The smallest absolute Gasteiger partial charge is 0.243 e. The summed E-state index contributed by atoms with van der Waals surface area (Å²) < 4.78 is 49.6. The second-order valence-electron chi connectivity index (χ2n) is 4.95. The number of hydrogen-bond acceptors (Lipinski definition) is 5. The first-order valence-electron chi connectivity index (χ1n) is 6.62. The van der Waals surface area contributed by atoms with Crippen LogP contribution in [-0.4, -0.2) is 46.8 Å². The van der Waals surface area contributed by atoms with Crippen LogP contribution in [0.4, 0.5) is 0 Å². The van der Waals surface area contributed by atoms with Gasteiger partial charge in [-0.25, -0.2) is 22.0 Å². The van der Waals surface area contributed by atoms with Crippen LogP contribution in [0.1, 0.15) is 13.3 Å². The lowest BCUT2D eigenvalue weighted by molar-refractivity contribution is 0.242. The average Bonchev–Trinajstić information content (AvgIpc) is 2.35. The third-order valence-electron chi connectivity index (χ3n) is 3.35. The molecule has 1 aromatic carbocycles. The molecule has 0 amide bonds. The van der Waals surface area contributed by atoms with Crippen LogP contribution in [-0.2, 0) is 20.0 Å². The highest BCUT2D eigenvalue weighted by Gasteiger charge is 2.34. The lowest BCUT2D eigenvalue weighted by Gasteiger charge is -2.37. The lowest BCUT2D eigenvalue weighted by atomic mass is 10.2. The topological polar surface area (TPSA) is 110 Å². The molecule has 2 rings (SSSR count). The standard InChI is InChI=1S/C12H19N3O4S2/c1-2-6-15(10-8-14-9-10)21(18,19)12-5-3-4-11(7-12)20(13,16)17/h3-5,7,10,14H,2,6,8-9H2,1H3,(H2,13,16,17). The minimum atomic E-state index is -3.93. The number of benzene rings is 1. The van der Waals surface area contributed by atoms with E-state index < -0.39 is 20.0 Å². The summed E-state index contributed by atoms with van der Waals surface area (Å²) in [5.41, 5.74) is 0. The molecular formula is C12H19N3O4S2. The molecule has 1 aliphatic rings. The third kappa shape index (κ3) is 3.43. The summed E-state index contributed by atoms with van der Waals surface area (Å²) in [6.07, 6.45) is 0.685. The molecule has 0 radical (unpaired) electrons. The first kappa shape index (κ1) is 16.4. The van der Waals surface area contributed by atoms with E-state index in [0.717, 1.165) is 6.07 Å². The van der Waals surface area contributed by atoms with E-state index in [-0.39, 0.29) is 15.8 Å². The van der Waals surface area contributed by atoms with Crippen molar-refractivity contribution in [2.45, 2.75) is 29.2 Å². The average molecular weight is 333 g/mol. The van der Waals surface area contributed by atoms with Crippen molar-refractivity contribution >= 4 is 20.0 Å². The molecule has 0 saturated carbocycles. The van der Waals surface area contributed by atoms with Gasteiger partial charge in [-0.2, -0.15) is 4.31 Å². The van der Waals surface area contributed by atoms with Crippen molar-refractivity contribution in [1.82, 2.24) is 9.62 Å². The van der Waals surface area contributed by atoms with Gasteiger partial charge in [-0.3, -0.25) is 0 Å². The Labute approximate surface area is 125 Å². The molecule has 9 heteroatoms. The Balaban J connectivity index is 2.42. The first-order chi connectivity index (χ1) is 9.76. The molecule has 1 aromatic rings. The molecule has 3 N–H and O–H groups in total. The maximum atomic E-state index is 12.7. The van der Waals surface area contributed by atoms with Crippen molar-refractivity contribution in [3.8, 4) is 0 Å². The Morgan fingerprint density at radius 2 is 1.86 bits per heavy atom. The van der Waals surface area contributed by atoms with Crippen LogP contribution in [0.5, 0.6) is 0 Å². The molecule has 7 nitrogen and oxygen atoms in total. The van der Waals surface area contributed by atoms with Crippen LogP contribution in [0, 0.1) is 0 Å². The minimum Gasteiger partial charge on any atom is -0.313 e. The zero-order valence-electron chi connectivity index (χ0n) is 11.7. The molecule has 1 saturated heterocycles. The fourth-order valence-electron chi connectivity index (χ4n) is 2.14. The summed E-state index contributed by atoms with van der Waals surface area (Å²) in [6, 6.07) is 5.07. The van der Waals surface area contributed by atoms with Crippen LogP contribution in [0.25, 0.3) is 0 Å². The lowest BCUT2D eigenvalue weighted by Crippen LogP contribution is -2.58. The van der Waals surface area contributed by atoms with Gasteiger partial charge in [0.2, 0.25) is 20.0 Å². The Morgan fingerprint density at radius 1 is 1.24 bits per heavy atom. The summed E-state index contributed by atoms with van der Waals surface area (Å²) >= 11 is 0. The van der Waals surface area contributed by atoms with Gasteiger partial charge >= 0.3 is 0 Å². The van der Waals surface area contributed by atoms with Gasteiger partial charge in [0.25, 0.3) is 0 Å². The zero-order chi connectivity index (χ0) is 15.7. The van der Waals surface area contributed by atoms with E-state index in [1.807, 2.05) is 6.92 Å². The molecule has 1 heterocycles. The molecule has 0 bridgehead atoms. The number of nitrogens with zero attached hydrogens (tertiary/aromatic N) is 1. The summed E-state index contributed by atoms with van der Waals surface area (Å²) in [7, 11) is -7.66. The molecular weight excluding hydrogens is 314 g/mol. The molecule has 0 spiro atoms. The molecule has 118 valence electrons. The summed E-state index contributed by atoms with van der Waals surface area (Å²) in [5, 5.41) is 8.09. The van der Waals surface area contributed by atoms with Gasteiger partial charge in [-0.15, -0.1) is 0 Å². The summed E-state index contributed by atoms with van der Waals surface area (Å²) in [6.45, 7) is 3.51. The van der Waals surface area contributed by atoms with Crippen molar-refractivity contribution in [2.75, 3.05) is 19.6 Å². The van der Waals surface area contributed by atoms with E-state index in [0.29, 0.717) is 26.1 Å². The maximum absolute atomic E-state index is 12.7. The van der Waals surface area contributed by atoms with Crippen molar-refractivity contribution in [1.29, 1.82) is 0 Å². The summed E-state index contributed by atoms with van der Waals surface area (Å²) in [4.78, 5) is -0.249. The highest BCUT2D eigenvalue weighted by molar-refractivity contribution is 7.90. The van der Waals surface area contributed by atoms with Crippen LogP contribution in [0.15, 0.2) is 34.1 Å². The van der Waals surface area contributed by atoms with Gasteiger partial charge in [0.15, 0.2) is 0 Å². The maximum Gasteiger partial charge on any atom is 0.243 e. The highest BCUT2D eigenvalue weighted by Crippen LogP contribution is 2.22. The molecule has 0 atom stereocenters. The molecule has 0 aliphatic carbocycles.